The molecule has 2 aromatic carbocycles. The molecule has 128 valence electrons. The molecule has 1 aromatic heterocycles. The van der Waals surface area contributed by atoms with E-state index in [9.17, 15) is 4.79 Å². The normalized spacial score (nSPS) is 10.3. The standard InChI is InChI=1S/C19H19N3O3/c1-24-17-6-13(7-18(9-17)25-2)10-20-19(23)15-5-3-4-14(8-15)16-11-21-22-12-16/h3-9,11-12H,10H2,1-2H3,(H,20,23)(H,21,22). The average Bonchev–Trinajstić information content (AvgIpc) is 3.20. The molecule has 0 aliphatic rings. The number of H-pyrrole nitrogens is 1. The molecular formula is C19H19N3O3. The molecule has 0 radical (unpaired) electrons. The zero-order valence-electron chi connectivity index (χ0n) is 14.1. The van der Waals surface area contributed by atoms with E-state index in [1.165, 1.54) is 0 Å². The maximum atomic E-state index is 12.5. The summed E-state index contributed by atoms with van der Waals surface area (Å²) in [6, 6.07) is 12.9. The maximum Gasteiger partial charge on any atom is 0.251 e. The molecule has 0 fully saturated rings. The van der Waals surface area contributed by atoms with E-state index in [-0.39, 0.29) is 5.91 Å². The minimum atomic E-state index is -0.146. The predicted octanol–water partition coefficient (Wildman–Crippen LogP) is 3.02. The van der Waals surface area contributed by atoms with Crippen LogP contribution in [0.2, 0.25) is 0 Å². The van der Waals surface area contributed by atoms with Crippen molar-refractivity contribution in [2.24, 2.45) is 0 Å². The van der Waals surface area contributed by atoms with Crippen LogP contribution >= 0.6 is 0 Å². The summed E-state index contributed by atoms with van der Waals surface area (Å²) in [7, 11) is 3.19. The zero-order valence-corrected chi connectivity index (χ0v) is 14.1. The Morgan fingerprint density at radius 2 is 1.84 bits per heavy atom. The van der Waals surface area contributed by atoms with Crippen LogP contribution in [0, 0.1) is 0 Å². The number of benzene rings is 2. The van der Waals surface area contributed by atoms with Crippen molar-refractivity contribution >= 4 is 5.91 Å². The third-order valence-electron chi connectivity index (χ3n) is 3.82. The van der Waals surface area contributed by atoms with Gasteiger partial charge in [0.25, 0.3) is 5.91 Å². The number of nitrogens with one attached hydrogen (secondary N) is 2. The van der Waals surface area contributed by atoms with Gasteiger partial charge in [-0.2, -0.15) is 5.10 Å². The van der Waals surface area contributed by atoms with E-state index in [1.807, 2.05) is 30.3 Å². The Morgan fingerprint density at radius 1 is 1.08 bits per heavy atom. The average molecular weight is 337 g/mol. The van der Waals surface area contributed by atoms with Crippen LogP contribution in [0.3, 0.4) is 0 Å². The number of hydrogen-bond donors (Lipinski definition) is 2. The number of aromatic amines is 1. The van der Waals surface area contributed by atoms with E-state index < -0.39 is 0 Å². The number of methoxy groups -OCH3 is 2. The molecule has 0 spiro atoms. The van der Waals surface area contributed by atoms with Gasteiger partial charge in [0.15, 0.2) is 0 Å². The Kier molecular flexibility index (Phi) is 4.99. The van der Waals surface area contributed by atoms with E-state index in [2.05, 4.69) is 15.5 Å². The summed E-state index contributed by atoms with van der Waals surface area (Å²) in [5.74, 6) is 1.23. The summed E-state index contributed by atoms with van der Waals surface area (Å²) in [6.07, 6.45) is 3.51. The van der Waals surface area contributed by atoms with E-state index in [4.69, 9.17) is 9.47 Å². The number of carbonyl (C=O) groups excluding carboxylic acids is 1. The highest BCUT2D eigenvalue weighted by atomic mass is 16.5. The van der Waals surface area contributed by atoms with Gasteiger partial charge in [0, 0.05) is 29.9 Å². The van der Waals surface area contributed by atoms with Crippen molar-refractivity contribution in [2.45, 2.75) is 6.54 Å². The maximum absolute atomic E-state index is 12.5. The third-order valence-corrected chi connectivity index (χ3v) is 3.82. The minimum Gasteiger partial charge on any atom is -0.497 e. The van der Waals surface area contributed by atoms with Crippen molar-refractivity contribution in [1.82, 2.24) is 15.5 Å². The lowest BCUT2D eigenvalue weighted by atomic mass is 10.1. The molecule has 3 aromatic rings. The Balaban J connectivity index is 1.72. The van der Waals surface area contributed by atoms with Gasteiger partial charge in [-0.3, -0.25) is 9.89 Å². The monoisotopic (exact) mass is 337 g/mol. The van der Waals surface area contributed by atoms with Crippen molar-refractivity contribution in [3.63, 3.8) is 0 Å². The minimum absolute atomic E-state index is 0.146. The van der Waals surface area contributed by atoms with Crippen LogP contribution < -0.4 is 14.8 Å². The van der Waals surface area contributed by atoms with Crippen LogP contribution in [0.1, 0.15) is 15.9 Å². The first-order valence-corrected chi connectivity index (χ1v) is 7.79. The lowest BCUT2D eigenvalue weighted by molar-refractivity contribution is 0.0951. The van der Waals surface area contributed by atoms with E-state index in [1.54, 1.807) is 38.7 Å². The number of amides is 1. The molecule has 0 saturated heterocycles. The first-order chi connectivity index (χ1) is 12.2. The fourth-order valence-corrected chi connectivity index (χ4v) is 2.50. The number of nitrogens with zero attached hydrogens (tertiary/aromatic N) is 1. The van der Waals surface area contributed by atoms with Crippen LogP contribution in [-0.2, 0) is 6.54 Å². The molecule has 0 saturated carbocycles. The second-order valence-electron chi connectivity index (χ2n) is 5.47. The largest absolute Gasteiger partial charge is 0.497 e. The van der Waals surface area contributed by atoms with Gasteiger partial charge in [0.05, 0.1) is 20.4 Å². The summed E-state index contributed by atoms with van der Waals surface area (Å²) in [4.78, 5) is 12.5. The lowest BCUT2D eigenvalue weighted by Crippen LogP contribution is -2.22. The highest BCUT2D eigenvalue weighted by Crippen LogP contribution is 2.23. The van der Waals surface area contributed by atoms with Crippen molar-refractivity contribution in [2.75, 3.05) is 14.2 Å². The Morgan fingerprint density at radius 3 is 2.48 bits per heavy atom. The van der Waals surface area contributed by atoms with Crippen LogP contribution in [-0.4, -0.2) is 30.3 Å². The summed E-state index contributed by atoms with van der Waals surface area (Å²) < 4.78 is 10.5. The fourth-order valence-electron chi connectivity index (χ4n) is 2.50. The fraction of sp³-hybridized carbons (Fsp3) is 0.158. The highest BCUT2D eigenvalue weighted by molar-refractivity contribution is 5.95. The molecule has 0 aliphatic heterocycles. The predicted molar refractivity (Wildman–Crippen MR) is 94.7 cm³/mol. The van der Waals surface area contributed by atoms with Gasteiger partial charge in [-0.1, -0.05) is 12.1 Å². The summed E-state index contributed by atoms with van der Waals surface area (Å²) in [5.41, 5.74) is 3.36. The van der Waals surface area contributed by atoms with Gasteiger partial charge in [0.2, 0.25) is 0 Å². The Hall–Kier alpha value is -3.28. The van der Waals surface area contributed by atoms with Gasteiger partial charge < -0.3 is 14.8 Å². The molecule has 1 amide bonds. The second-order valence-corrected chi connectivity index (χ2v) is 5.47. The van der Waals surface area contributed by atoms with Gasteiger partial charge in [0.1, 0.15) is 11.5 Å². The number of carbonyl (C=O) groups is 1. The van der Waals surface area contributed by atoms with Crippen LogP contribution in [0.15, 0.2) is 54.9 Å². The first-order valence-electron chi connectivity index (χ1n) is 7.79. The first kappa shape index (κ1) is 16.6. The molecule has 0 atom stereocenters. The number of rotatable bonds is 6. The van der Waals surface area contributed by atoms with Crippen molar-refractivity contribution in [3.8, 4) is 22.6 Å². The van der Waals surface area contributed by atoms with E-state index in [0.717, 1.165) is 16.7 Å². The zero-order chi connectivity index (χ0) is 17.6. The molecule has 0 unspecified atom stereocenters. The molecular weight excluding hydrogens is 318 g/mol. The van der Waals surface area contributed by atoms with Gasteiger partial charge in [-0.15, -0.1) is 0 Å². The lowest BCUT2D eigenvalue weighted by Gasteiger charge is -2.10. The van der Waals surface area contributed by atoms with Gasteiger partial charge in [-0.25, -0.2) is 0 Å². The SMILES string of the molecule is COc1cc(CNC(=O)c2cccc(-c3cn[nH]c3)c2)cc(OC)c1. The van der Waals surface area contributed by atoms with E-state index >= 15 is 0 Å². The third kappa shape index (κ3) is 3.98. The molecule has 3 rings (SSSR count). The van der Waals surface area contributed by atoms with E-state index in [0.29, 0.717) is 23.6 Å². The van der Waals surface area contributed by atoms with Crippen LogP contribution in [0.5, 0.6) is 11.5 Å². The summed E-state index contributed by atoms with van der Waals surface area (Å²) in [5, 5.41) is 9.62. The Bertz CT molecular complexity index is 838. The summed E-state index contributed by atoms with van der Waals surface area (Å²) in [6.45, 7) is 0.377. The molecule has 6 heteroatoms. The number of aromatic nitrogens is 2. The van der Waals surface area contributed by atoms with Crippen LogP contribution in [0.25, 0.3) is 11.1 Å². The molecule has 0 bridgehead atoms. The quantitative estimate of drug-likeness (QED) is 0.725. The van der Waals surface area contributed by atoms with Gasteiger partial charge in [-0.05, 0) is 35.4 Å². The van der Waals surface area contributed by atoms with Crippen LogP contribution in [0.4, 0.5) is 0 Å². The molecule has 6 nitrogen and oxygen atoms in total. The van der Waals surface area contributed by atoms with Crippen molar-refractivity contribution in [3.05, 3.63) is 66.0 Å². The molecule has 2 N–H and O–H groups in total. The molecule has 1 heterocycles. The van der Waals surface area contributed by atoms with Crippen molar-refractivity contribution < 1.29 is 14.3 Å². The molecule has 25 heavy (non-hydrogen) atoms. The smallest absolute Gasteiger partial charge is 0.251 e. The topological polar surface area (TPSA) is 76.2 Å². The second kappa shape index (κ2) is 7.53. The number of hydrogen-bond acceptors (Lipinski definition) is 4. The van der Waals surface area contributed by atoms with Gasteiger partial charge >= 0.3 is 0 Å². The highest BCUT2D eigenvalue weighted by Gasteiger charge is 2.09. The van der Waals surface area contributed by atoms with Crippen molar-refractivity contribution in [1.29, 1.82) is 0 Å². The molecule has 0 aliphatic carbocycles. The Labute approximate surface area is 145 Å². The number of ether oxygens (including phenoxy) is 2. The summed E-state index contributed by atoms with van der Waals surface area (Å²) >= 11 is 0.